The normalized spacial score (nSPS) is 23.2. The van der Waals surface area contributed by atoms with Crippen molar-refractivity contribution in [2.24, 2.45) is 4.99 Å². The number of allylic oxidation sites excluding steroid dienone is 1. The van der Waals surface area contributed by atoms with Gasteiger partial charge in [-0.2, -0.15) is 18.4 Å². The minimum atomic E-state index is -4.64. The second kappa shape index (κ2) is 8.70. The fraction of sp³-hybridized carbons (Fsp3) is 0.526. The van der Waals surface area contributed by atoms with Gasteiger partial charge in [0, 0.05) is 44.0 Å². The summed E-state index contributed by atoms with van der Waals surface area (Å²) in [5.41, 5.74) is 4.53. The molecule has 0 saturated carbocycles. The quantitative estimate of drug-likeness (QED) is 0.701. The molecule has 2 saturated heterocycles. The highest BCUT2D eigenvalue weighted by molar-refractivity contribution is 6.10. The molecule has 0 amide bonds. The van der Waals surface area contributed by atoms with E-state index >= 15 is 0 Å². The van der Waals surface area contributed by atoms with Gasteiger partial charge in [-0.15, -0.1) is 0 Å². The summed E-state index contributed by atoms with van der Waals surface area (Å²) < 4.78 is 52.0. The van der Waals surface area contributed by atoms with Crippen LogP contribution in [0.3, 0.4) is 0 Å². The first-order valence-electron chi connectivity index (χ1n) is 9.84. The van der Waals surface area contributed by atoms with E-state index in [-0.39, 0.29) is 17.1 Å². The van der Waals surface area contributed by atoms with Crippen LogP contribution in [0.2, 0.25) is 0 Å². The largest absolute Gasteiger partial charge is 0.417 e. The van der Waals surface area contributed by atoms with Crippen molar-refractivity contribution in [3.8, 4) is 6.19 Å². The molecule has 3 aliphatic rings. The third-order valence-electron chi connectivity index (χ3n) is 5.32. The molecule has 0 spiro atoms. The van der Waals surface area contributed by atoms with Crippen LogP contribution in [-0.4, -0.2) is 84.3 Å². The van der Waals surface area contributed by atoms with E-state index in [2.05, 4.69) is 16.2 Å². The van der Waals surface area contributed by atoms with Gasteiger partial charge in [-0.3, -0.25) is 4.90 Å². The zero-order valence-electron chi connectivity index (χ0n) is 16.7. The standard InChI is InChI=1S/C19H22F3N7O2/c20-19(21,22)14-9-16(24)25-11-13(14)15-10-17(27-1-5-30-6-2-27)29(12-23)18(26-15)28-3-7-31-8-4-28/h9-11,18H,1-8H2,(H2,24,25). The molecular weight excluding hydrogens is 415 g/mol. The van der Waals surface area contributed by atoms with Gasteiger partial charge in [-0.1, -0.05) is 0 Å². The number of nitriles is 1. The Labute approximate surface area is 177 Å². The number of rotatable bonds is 3. The van der Waals surface area contributed by atoms with Gasteiger partial charge < -0.3 is 20.1 Å². The topological polar surface area (TPSA) is 103 Å². The molecule has 2 fully saturated rings. The van der Waals surface area contributed by atoms with Crippen LogP contribution in [0.1, 0.15) is 11.1 Å². The van der Waals surface area contributed by atoms with Gasteiger partial charge in [0.1, 0.15) is 11.6 Å². The van der Waals surface area contributed by atoms with Gasteiger partial charge in [-0.25, -0.2) is 14.9 Å². The first-order valence-corrected chi connectivity index (χ1v) is 9.84. The average molecular weight is 437 g/mol. The highest BCUT2D eigenvalue weighted by atomic mass is 19.4. The molecule has 0 bridgehead atoms. The summed E-state index contributed by atoms with van der Waals surface area (Å²) in [6.45, 7) is 3.86. The van der Waals surface area contributed by atoms with E-state index in [1.54, 1.807) is 0 Å². The molecule has 166 valence electrons. The predicted molar refractivity (Wildman–Crippen MR) is 104 cm³/mol. The zero-order chi connectivity index (χ0) is 22.0. The Morgan fingerprint density at radius 3 is 2.35 bits per heavy atom. The van der Waals surface area contributed by atoms with E-state index in [0.717, 1.165) is 12.3 Å². The number of hydrogen-bond acceptors (Lipinski definition) is 9. The maximum absolute atomic E-state index is 13.8. The molecule has 9 nitrogen and oxygen atoms in total. The van der Waals surface area contributed by atoms with Crippen molar-refractivity contribution in [2.75, 3.05) is 58.3 Å². The minimum absolute atomic E-state index is 0.101. The summed E-state index contributed by atoms with van der Waals surface area (Å²) in [7, 11) is 0. The van der Waals surface area contributed by atoms with E-state index in [1.807, 2.05) is 9.80 Å². The van der Waals surface area contributed by atoms with Crippen molar-refractivity contribution >= 4 is 11.5 Å². The van der Waals surface area contributed by atoms with Gasteiger partial charge in [0.25, 0.3) is 0 Å². The average Bonchev–Trinajstić information content (AvgIpc) is 2.78. The fourth-order valence-electron chi connectivity index (χ4n) is 3.78. The Morgan fingerprint density at radius 1 is 1.10 bits per heavy atom. The fourth-order valence-corrected chi connectivity index (χ4v) is 3.78. The van der Waals surface area contributed by atoms with Crippen molar-refractivity contribution in [3.05, 3.63) is 35.3 Å². The van der Waals surface area contributed by atoms with Crippen LogP contribution < -0.4 is 5.73 Å². The van der Waals surface area contributed by atoms with Gasteiger partial charge >= 0.3 is 6.18 Å². The molecule has 1 aromatic heterocycles. The van der Waals surface area contributed by atoms with Crippen molar-refractivity contribution in [3.63, 3.8) is 0 Å². The molecule has 1 atom stereocenters. The van der Waals surface area contributed by atoms with Crippen LogP contribution in [0.25, 0.3) is 0 Å². The number of aromatic nitrogens is 1. The molecule has 31 heavy (non-hydrogen) atoms. The summed E-state index contributed by atoms with van der Waals surface area (Å²) >= 11 is 0. The SMILES string of the molecule is N#CN1C(N2CCOCC2)=CC(c2cnc(N)cc2C(F)(F)F)=NC1N1CCOCC1. The Morgan fingerprint density at radius 2 is 1.74 bits per heavy atom. The summed E-state index contributed by atoms with van der Waals surface area (Å²) in [6.07, 6.45) is -0.669. The molecule has 12 heteroatoms. The van der Waals surface area contributed by atoms with Crippen molar-refractivity contribution in [2.45, 2.75) is 12.5 Å². The Balaban J connectivity index is 1.82. The number of pyridine rings is 1. The van der Waals surface area contributed by atoms with Crippen LogP contribution in [0.15, 0.2) is 29.2 Å². The molecule has 2 N–H and O–H groups in total. The molecule has 0 radical (unpaired) electrons. The molecule has 0 aromatic carbocycles. The van der Waals surface area contributed by atoms with E-state index in [9.17, 15) is 18.4 Å². The highest BCUT2D eigenvalue weighted by Crippen LogP contribution is 2.35. The van der Waals surface area contributed by atoms with E-state index in [0.29, 0.717) is 58.4 Å². The molecular formula is C19H22F3N7O2. The molecule has 1 unspecified atom stereocenters. The van der Waals surface area contributed by atoms with Gasteiger partial charge in [-0.05, 0) is 6.07 Å². The van der Waals surface area contributed by atoms with Gasteiger partial charge in [0.05, 0.1) is 37.7 Å². The van der Waals surface area contributed by atoms with Crippen molar-refractivity contribution < 1.29 is 22.6 Å². The van der Waals surface area contributed by atoms with Crippen molar-refractivity contribution in [1.82, 2.24) is 19.7 Å². The smallest absolute Gasteiger partial charge is 0.384 e. The van der Waals surface area contributed by atoms with Gasteiger partial charge in [0.15, 0.2) is 12.5 Å². The number of aliphatic imine (C=N–C) groups is 1. The number of hydrogen-bond donors (Lipinski definition) is 1. The van der Waals surface area contributed by atoms with E-state index < -0.39 is 18.0 Å². The lowest BCUT2D eigenvalue weighted by Gasteiger charge is -2.43. The monoisotopic (exact) mass is 437 g/mol. The third kappa shape index (κ3) is 4.43. The Hall–Kier alpha value is -2.88. The lowest BCUT2D eigenvalue weighted by Crippen LogP contribution is -2.54. The summed E-state index contributed by atoms with van der Waals surface area (Å²) in [6, 6.07) is 0.806. The van der Waals surface area contributed by atoms with Gasteiger partial charge in [0.2, 0.25) is 0 Å². The van der Waals surface area contributed by atoms with Crippen molar-refractivity contribution in [1.29, 1.82) is 5.26 Å². The first-order chi connectivity index (χ1) is 14.9. The second-order valence-electron chi connectivity index (χ2n) is 7.23. The number of alkyl halides is 3. The number of ether oxygens (including phenoxy) is 2. The minimum Gasteiger partial charge on any atom is -0.384 e. The molecule has 3 aliphatic heterocycles. The maximum Gasteiger partial charge on any atom is 0.417 e. The number of nitrogens with two attached hydrogens (primary N) is 1. The van der Waals surface area contributed by atoms with Crippen LogP contribution in [0, 0.1) is 11.5 Å². The zero-order valence-corrected chi connectivity index (χ0v) is 16.7. The summed E-state index contributed by atoms with van der Waals surface area (Å²) in [4.78, 5) is 13.7. The van der Waals surface area contributed by atoms with E-state index in [1.165, 1.54) is 11.0 Å². The predicted octanol–water partition coefficient (Wildman–Crippen LogP) is 1.06. The number of nitrogens with zero attached hydrogens (tertiary/aromatic N) is 6. The Bertz CT molecular complexity index is 916. The second-order valence-corrected chi connectivity index (χ2v) is 7.23. The number of morpholine rings is 2. The van der Waals surface area contributed by atoms with E-state index in [4.69, 9.17) is 15.2 Å². The Kier molecular flexibility index (Phi) is 5.99. The molecule has 4 rings (SSSR count). The number of halogens is 3. The molecule has 0 aliphatic carbocycles. The number of anilines is 1. The summed E-state index contributed by atoms with van der Waals surface area (Å²) in [5.74, 6) is 0.255. The first kappa shape index (κ1) is 21.4. The lowest BCUT2D eigenvalue weighted by atomic mass is 10.0. The van der Waals surface area contributed by atoms with Crippen LogP contribution in [0.4, 0.5) is 19.0 Å². The van der Waals surface area contributed by atoms with Crippen LogP contribution in [-0.2, 0) is 15.7 Å². The van der Waals surface area contributed by atoms with Crippen LogP contribution in [0.5, 0.6) is 0 Å². The molecule has 1 aromatic rings. The summed E-state index contributed by atoms with van der Waals surface area (Å²) in [5, 5.41) is 9.91. The maximum atomic E-state index is 13.8. The molecule has 4 heterocycles. The van der Waals surface area contributed by atoms with Crippen LogP contribution >= 0.6 is 0 Å². The third-order valence-corrected chi connectivity index (χ3v) is 5.32. The number of nitrogen functional groups attached to an aromatic ring is 1. The lowest BCUT2D eigenvalue weighted by molar-refractivity contribution is -0.137. The highest BCUT2D eigenvalue weighted by Gasteiger charge is 2.38.